The van der Waals surface area contributed by atoms with Crippen molar-refractivity contribution in [2.45, 2.75) is 33.6 Å². The molecule has 0 radical (unpaired) electrons. The Labute approximate surface area is 94.5 Å². The van der Waals surface area contributed by atoms with Gasteiger partial charge < -0.3 is 0 Å². The third-order valence-electron chi connectivity index (χ3n) is 2.60. The summed E-state index contributed by atoms with van der Waals surface area (Å²) in [4.78, 5) is 11.0. The number of hydrogen-bond donors (Lipinski definition) is 0. The van der Waals surface area contributed by atoms with Crippen LogP contribution in [0, 0.1) is 5.41 Å². The number of rotatable bonds is 2. The van der Waals surface area contributed by atoms with Gasteiger partial charge in [-0.1, -0.05) is 45.0 Å². The SMILES string of the molecule is CC(=O)c1ccc(C(F)(F)C(C)(C)C)cc1. The van der Waals surface area contributed by atoms with Crippen molar-refractivity contribution in [2.24, 2.45) is 5.41 Å². The highest BCUT2D eigenvalue weighted by atomic mass is 19.3. The fraction of sp³-hybridized carbons (Fsp3) is 0.462. The van der Waals surface area contributed by atoms with Gasteiger partial charge in [-0.25, -0.2) is 8.78 Å². The Morgan fingerprint density at radius 2 is 1.50 bits per heavy atom. The van der Waals surface area contributed by atoms with E-state index in [1.807, 2.05) is 0 Å². The predicted octanol–water partition coefficient (Wildman–Crippen LogP) is 4.03. The molecule has 16 heavy (non-hydrogen) atoms. The summed E-state index contributed by atoms with van der Waals surface area (Å²) >= 11 is 0. The van der Waals surface area contributed by atoms with Crippen LogP contribution in [0.3, 0.4) is 0 Å². The van der Waals surface area contributed by atoms with Gasteiger partial charge in [0.25, 0.3) is 5.92 Å². The zero-order valence-corrected chi connectivity index (χ0v) is 9.97. The summed E-state index contributed by atoms with van der Waals surface area (Å²) in [5.74, 6) is -3.02. The lowest BCUT2D eigenvalue weighted by molar-refractivity contribution is -0.104. The average molecular weight is 226 g/mol. The fourth-order valence-electron chi connectivity index (χ4n) is 1.35. The highest BCUT2D eigenvalue weighted by Gasteiger charge is 2.44. The fourth-order valence-corrected chi connectivity index (χ4v) is 1.35. The topological polar surface area (TPSA) is 17.1 Å². The molecule has 0 aliphatic carbocycles. The summed E-state index contributed by atoms with van der Waals surface area (Å²) in [6.45, 7) is 5.89. The minimum atomic E-state index is -2.90. The van der Waals surface area contributed by atoms with Crippen LogP contribution < -0.4 is 0 Å². The Morgan fingerprint density at radius 1 is 1.06 bits per heavy atom. The molecule has 0 heterocycles. The first kappa shape index (κ1) is 12.8. The third kappa shape index (κ3) is 2.29. The van der Waals surface area contributed by atoms with E-state index in [9.17, 15) is 13.6 Å². The summed E-state index contributed by atoms with van der Waals surface area (Å²) in [6, 6.07) is 5.53. The Morgan fingerprint density at radius 3 is 1.81 bits per heavy atom. The van der Waals surface area contributed by atoms with Gasteiger partial charge in [0.2, 0.25) is 0 Å². The van der Waals surface area contributed by atoms with Gasteiger partial charge in [0.15, 0.2) is 5.78 Å². The van der Waals surface area contributed by atoms with Crippen LogP contribution in [0.5, 0.6) is 0 Å². The number of hydrogen-bond acceptors (Lipinski definition) is 1. The Kier molecular flexibility index (Phi) is 3.17. The van der Waals surface area contributed by atoms with E-state index in [1.165, 1.54) is 52.0 Å². The molecule has 0 atom stereocenters. The van der Waals surface area contributed by atoms with Crippen LogP contribution in [0.4, 0.5) is 8.78 Å². The molecule has 1 rings (SSSR count). The van der Waals surface area contributed by atoms with E-state index in [1.54, 1.807) is 0 Å². The van der Waals surface area contributed by atoms with Crippen molar-refractivity contribution < 1.29 is 13.6 Å². The average Bonchev–Trinajstić information content (AvgIpc) is 2.16. The zero-order chi connectivity index (χ0) is 12.6. The van der Waals surface area contributed by atoms with Gasteiger partial charge in [-0.05, 0) is 6.92 Å². The molecule has 0 N–H and O–H groups in total. The molecule has 1 aromatic rings. The first-order valence-electron chi connectivity index (χ1n) is 5.15. The van der Waals surface area contributed by atoms with Crippen LogP contribution in [0.15, 0.2) is 24.3 Å². The minimum absolute atomic E-state index is 0.0509. The normalized spacial score (nSPS) is 12.6. The van der Waals surface area contributed by atoms with Crippen molar-refractivity contribution in [3.63, 3.8) is 0 Å². The van der Waals surface area contributed by atoms with Gasteiger partial charge in [0, 0.05) is 16.5 Å². The van der Waals surface area contributed by atoms with Crippen molar-refractivity contribution in [3.05, 3.63) is 35.4 Å². The largest absolute Gasteiger partial charge is 0.295 e. The summed E-state index contributed by atoms with van der Waals surface area (Å²) in [5.41, 5.74) is -0.733. The predicted molar refractivity (Wildman–Crippen MR) is 59.8 cm³/mol. The Bertz CT molecular complexity index is 385. The molecule has 0 saturated heterocycles. The van der Waals surface area contributed by atoms with Crippen LogP contribution >= 0.6 is 0 Å². The van der Waals surface area contributed by atoms with Crippen LogP contribution in [0.1, 0.15) is 43.6 Å². The van der Waals surface area contributed by atoms with Gasteiger partial charge in [-0.2, -0.15) is 0 Å². The van der Waals surface area contributed by atoms with Crippen molar-refractivity contribution in [3.8, 4) is 0 Å². The number of halogens is 2. The second-order valence-electron chi connectivity index (χ2n) is 4.96. The molecule has 0 spiro atoms. The molecule has 1 nitrogen and oxygen atoms in total. The molecule has 3 heteroatoms. The second kappa shape index (κ2) is 3.96. The van der Waals surface area contributed by atoms with E-state index in [-0.39, 0.29) is 11.3 Å². The molecule has 0 amide bonds. The van der Waals surface area contributed by atoms with Gasteiger partial charge in [-0.3, -0.25) is 4.79 Å². The lowest BCUT2D eigenvalue weighted by atomic mass is 9.83. The van der Waals surface area contributed by atoms with Crippen LogP contribution in [0.2, 0.25) is 0 Å². The molecule has 0 bridgehead atoms. The quantitative estimate of drug-likeness (QED) is 0.696. The van der Waals surface area contributed by atoms with Crippen molar-refractivity contribution >= 4 is 5.78 Å². The summed E-state index contributed by atoms with van der Waals surface area (Å²) in [7, 11) is 0. The van der Waals surface area contributed by atoms with Crippen LogP contribution in [0.25, 0.3) is 0 Å². The molecule has 1 aromatic carbocycles. The smallest absolute Gasteiger partial charge is 0.277 e. The second-order valence-corrected chi connectivity index (χ2v) is 4.96. The monoisotopic (exact) mass is 226 g/mol. The number of carbonyl (C=O) groups is 1. The zero-order valence-electron chi connectivity index (χ0n) is 9.97. The standard InChI is InChI=1S/C13H16F2O/c1-9(16)10-5-7-11(8-6-10)13(14,15)12(2,3)4/h5-8H,1-4H3. The molecule has 0 unspecified atom stereocenters. The van der Waals surface area contributed by atoms with E-state index in [2.05, 4.69) is 0 Å². The lowest BCUT2D eigenvalue weighted by Crippen LogP contribution is -2.31. The summed E-state index contributed by atoms with van der Waals surface area (Å²) in [6.07, 6.45) is 0. The van der Waals surface area contributed by atoms with Crippen molar-refractivity contribution in [1.82, 2.24) is 0 Å². The number of benzene rings is 1. The van der Waals surface area contributed by atoms with E-state index >= 15 is 0 Å². The van der Waals surface area contributed by atoms with E-state index in [0.29, 0.717) is 5.56 Å². The Balaban J connectivity index is 3.11. The van der Waals surface area contributed by atoms with E-state index in [4.69, 9.17) is 0 Å². The molecule has 0 saturated carbocycles. The maximum absolute atomic E-state index is 13.9. The Hall–Kier alpha value is -1.25. The van der Waals surface area contributed by atoms with Gasteiger partial charge >= 0.3 is 0 Å². The molecular weight excluding hydrogens is 210 g/mol. The highest BCUT2D eigenvalue weighted by molar-refractivity contribution is 5.94. The number of alkyl halides is 2. The van der Waals surface area contributed by atoms with Gasteiger partial charge in [0.05, 0.1) is 0 Å². The van der Waals surface area contributed by atoms with E-state index < -0.39 is 11.3 Å². The van der Waals surface area contributed by atoms with Crippen molar-refractivity contribution in [1.29, 1.82) is 0 Å². The number of carbonyl (C=O) groups excluding carboxylic acids is 1. The molecule has 88 valence electrons. The summed E-state index contributed by atoms with van der Waals surface area (Å²) < 4.78 is 27.8. The first-order valence-corrected chi connectivity index (χ1v) is 5.15. The lowest BCUT2D eigenvalue weighted by Gasteiger charge is -2.30. The molecule has 0 fully saturated rings. The molecule has 0 aliphatic heterocycles. The number of Topliss-reactive ketones (excluding diaryl/α,β-unsaturated/α-hetero) is 1. The first-order chi connectivity index (χ1) is 7.16. The van der Waals surface area contributed by atoms with Crippen molar-refractivity contribution in [2.75, 3.05) is 0 Å². The molecule has 0 aromatic heterocycles. The van der Waals surface area contributed by atoms with Gasteiger partial charge in [0.1, 0.15) is 0 Å². The molecule has 0 aliphatic rings. The minimum Gasteiger partial charge on any atom is -0.295 e. The molecular formula is C13H16F2O. The highest BCUT2D eigenvalue weighted by Crippen LogP contribution is 2.44. The van der Waals surface area contributed by atoms with Crippen LogP contribution in [-0.4, -0.2) is 5.78 Å². The van der Waals surface area contributed by atoms with E-state index in [0.717, 1.165) is 0 Å². The van der Waals surface area contributed by atoms with Crippen LogP contribution in [-0.2, 0) is 5.92 Å². The maximum atomic E-state index is 13.9. The number of ketones is 1. The third-order valence-corrected chi connectivity index (χ3v) is 2.60. The summed E-state index contributed by atoms with van der Waals surface area (Å²) in [5, 5.41) is 0. The maximum Gasteiger partial charge on any atom is 0.277 e. The van der Waals surface area contributed by atoms with Gasteiger partial charge in [-0.15, -0.1) is 0 Å².